The normalized spacial score (nSPS) is 17.6. The average molecular weight is 380 g/mol. The summed E-state index contributed by atoms with van der Waals surface area (Å²) in [6.45, 7) is 2.87. The molecule has 0 aliphatic carbocycles. The highest BCUT2D eigenvalue weighted by Gasteiger charge is 2.29. The lowest BCUT2D eigenvalue weighted by Crippen LogP contribution is -2.45. The molecule has 1 atom stereocenters. The summed E-state index contributed by atoms with van der Waals surface area (Å²) in [5.41, 5.74) is 0.503. The lowest BCUT2D eigenvalue weighted by molar-refractivity contribution is 0.0740. The Labute approximate surface area is 144 Å². The third-order valence-corrected chi connectivity index (χ3v) is 4.55. The van der Waals surface area contributed by atoms with Crippen LogP contribution in [0.4, 0.5) is 8.78 Å². The van der Waals surface area contributed by atoms with Gasteiger partial charge in [0.25, 0.3) is 0 Å². The van der Waals surface area contributed by atoms with E-state index in [0.29, 0.717) is 28.7 Å². The topological polar surface area (TPSA) is 15.3 Å². The minimum Gasteiger partial charge on any atom is -0.314 e. The zero-order chi connectivity index (χ0) is 14.7. The van der Waals surface area contributed by atoms with E-state index >= 15 is 0 Å². The van der Waals surface area contributed by atoms with Gasteiger partial charge >= 0.3 is 0 Å². The molecule has 1 fully saturated rings. The Morgan fingerprint density at radius 2 is 1.67 bits per heavy atom. The van der Waals surface area contributed by atoms with Gasteiger partial charge in [-0.3, -0.25) is 4.90 Å². The summed E-state index contributed by atoms with van der Waals surface area (Å²) in [6, 6.07) is 2.66. The monoisotopic (exact) mass is 378 g/mol. The van der Waals surface area contributed by atoms with Crippen molar-refractivity contribution in [3.63, 3.8) is 0 Å². The Balaban J connectivity index is 0.00000220. The Hall–Kier alpha value is 0.160. The van der Waals surface area contributed by atoms with E-state index in [4.69, 9.17) is 34.8 Å². The van der Waals surface area contributed by atoms with Crippen LogP contribution >= 0.6 is 47.2 Å². The number of nitrogens with zero attached hydrogens (tertiary/aromatic N) is 1. The third-order valence-electron chi connectivity index (χ3n) is 3.41. The van der Waals surface area contributed by atoms with Crippen molar-refractivity contribution in [1.29, 1.82) is 0 Å². The molecule has 1 aromatic carbocycles. The fourth-order valence-corrected chi connectivity index (χ4v) is 3.25. The van der Waals surface area contributed by atoms with E-state index in [0.717, 1.165) is 13.1 Å². The van der Waals surface area contributed by atoms with Crippen molar-refractivity contribution in [2.45, 2.75) is 18.9 Å². The molecule has 8 heteroatoms. The van der Waals surface area contributed by atoms with Gasteiger partial charge in [0.15, 0.2) is 0 Å². The van der Waals surface area contributed by atoms with Gasteiger partial charge in [0.05, 0.1) is 10.0 Å². The maximum atomic E-state index is 12.9. The lowest BCUT2D eigenvalue weighted by atomic mass is 10.0. The molecular weight excluding hydrogens is 364 g/mol. The lowest BCUT2D eigenvalue weighted by Gasteiger charge is -2.36. The highest BCUT2D eigenvalue weighted by Crippen LogP contribution is 2.40. The minimum absolute atomic E-state index is 0. The second kappa shape index (κ2) is 8.70. The molecule has 2 nitrogen and oxygen atoms in total. The Morgan fingerprint density at radius 1 is 1.10 bits per heavy atom. The average Bonchev–Trinajstić information content (AvgIpc) is 2.43. The second-order valence-electron chi connectivity index (χ2n) is 4.69. The van der Waals surface area contributed by atoms with Crippen LogP contribution in [0.5, 0.6) is 0 Å². The van der Waals surface area contributed by atoms with Crippen LogP contribution in [-0.4, -0.2) is 37.5 Å². The van der Waals surface area contributed by atoms with Gasteiger partial charge in [-0.05, 0) is 12.1 Å². The van der Waals surface area contributed by atoms with Crippen molar-refractivity contribution in [3.8, 4) is 0 Å². The van der Waals surface area contributed by atoms with Gasteiger partial charge in [-0.2, -0.15) is 0 Å². The zero-order valence-electron chi connectivity index (χ0n) is 11.1. The molecule has 1 heterocycles. The summed E-state index contributed by atoms with van der Waals surface area (Å²) in [4.78, 5) is 1.98. The molecule has 0 bridgehead atoms. The first kappa shape index (κ1) is 19.2. The van der Waals surface area contributed by atoms with E-state index in [1.807, 2.05) is 4.90 Å². The number of hydrogen-bond donors (Lipinski definition) is 1. The Bertz CT molecular complexity index is 468. The predicted molar refractivity (Wildman–Crippen MR) is 86.5 cm³/mol. The molecule has 1 saturated heterocycles. The van der Waals surface area contributed by atoms with Crippen LogP contribution < -0.4 is 5.32 Å². The standard InChI is InChI=1S/C13H15Cl3F2N2.ClH/c14-8-1-2-9(15)13(16)12(8)10(7-11(17)18)20-5-3-19-4-6-20;/h1-2,10-11,19H,3-7H2;1H/t10-;/m0./s1. The van der Waals surface area contributed by atoms with Gasteiger partial charge in [0.2, 0.25) is 6.43 Å². The molecule has 120 valence electrons. The molecule has 0 unspecified atom stereocenters. The summed E-state index contributed by atoms with van der Waals surface area (Å²) >= 11 is 18.4. The summed E-state index contributed by atoms with van der Waals surface area (Å²) in [5, 5.41) is 4.17. The van der Waals surface area contributed by atoms with Gasteiger partial charge in [-0.25, -0.2) is 8.78 Å². The largest absolute Gasteiger partial charge is 0.314 e. The van der Waals surface area contributed by atoms with Crippen LogP contribution in [0.1, 0.15) is 18.0 Å². The number of piperazine rings is 1. The number of halogens is 6. The Morgan fingerprint density at radius 3 is 2.24 bits per heavy atom. The smallest absolute Gasteiger partial charge is 0.240 e. The van der Waals surface area contributed by atoms with E-state index in [2.05, 4.69) is 5.32 Å². The summed E-state index contributed by atoms with van der Waals surface area (Å²) in [6.07, 6.45) is -2.74. The fraction of sp³-hybridized carbons (Fsp3) is 0.538. The molecule has 1 aromatic rings. The maximum absolute atomic E-state index is 12.9. The molecule has 0 amide bonds. The van der Waals surface area contributed by atoms with Crippen molar-refractivity contribution < 1.29 is 8.78 Å². The summed E-state index contributed by atoms with van der Waals surface area (Å²) < 4.78 is 25.9. The maximum Gasteiger partial charge on any atom is 0.240 e. The number of rotatable bonds is 4. The van der Waals surface area contributed by atoms with Crippen molar-refractivity contribution in [1.82, 2.24) is 10.2 Å². The third kappa shape index (κ3) is 4.81. The highest BCUT2D eigenvalue weighted by molar-refractivity contribution is 6.44. The first-order valence-electron chi connectivity index (χ1n) is 6.37. The van der Waals surface area contributed by atoms with Crippen molar-refractivity contribution in [2.24, 2.45) is 0 Å². The molecule has 1 aliphatic rings. The number of hydrogen-bond acceptors (Lipinski definition) is 2. The summed E-state index contributed by atoms with van der Waals surface area (Å²) in [7, 11) is 0. The van der Waals surface area contributed by atoms with Crippen LogP contribution in [0.15, 0.2) is 12.1 Å². The number of nitrogens with one attached hydrogen (secondary N) is 1. The van der Waals surface area contributed by atoms with E-state index in [-0.39, 0.29) is 23.9 Å². The van der Waals surface area contributed by atoms with Crippen LogP contribution in [-0.2, 0) is 0 Å². The second-order valence-corrected chi connectivity index (χ2v) is 5.88. The van der Waals surface area contributed by atoms with Crippen LogP contribution in [0.25, 0.3) is 0 Å². The van der Waals surface area contributed by atoms with E-state index < -0.39 is 12.5 Å². The predicted octanol–water partition coefficient (Wildman–Crippen LogP) is 4.67. The van der Waals surface area contributed by atoms with Gasteiger partial charge in [-0.15, -0.1) is 12.4 Å². The molecule has 0 saturated carbocycles. The molecule has 0 spiro atoms. The molecule has 1 N–H and O–H groups in total. The molecule has 0 radical (unpaired) electrons. The minimum atomic E-state index is -2.43. The van der Waals surface area contributed by atoms with Crippen molar-refractivity contribution in [3.05, 3.63) is 32.8 Å². The zero-order valence-corrected chi connectivity index (χ0v) is 14.2. The van der Waals surface area contributed by atoms with E-state index in [1.165, 1.54) is 0 Å². The van der Waals surface area contributed by atoms with Gasteiger partial charge in [0, 0.05) is 49.2 Å². The van der Waals surface area contributed by atoms with Crippen LogP contribution in [0, 0.1) is 0 Å². The van der Waals surface area contributed by atoms with E-state index in [1.54, 1.807) is 12.1 Å². The first-order valence-corrected chi connectivity index (χ1v) is 7.50. The number of benzene rings is 1. The van der Waals surface area contributed by atoms with Crippen LogP contribution in [0.2, 0.25) is 15.1 Å². The van der Waals surface area contributed by atoms with Gasteiger partial charge < -0.3 is 5.32 Å². The van der Waals surface area contributed by atoms with Gasteiger partial charge in [0.1, 0.15) is 0 Å². The molecular formula is C13H16Cl4F2N2. The SMILES string of the molecule is Cl.FC(F)C[C@@H](c1c(Cl)ccc(Cl)c1Cl)N1CCNCC1. The first-order chi connectivity index (χ1) is 9.50. The Kier molecular flexibility index (Phi) is 7.96. The van der Waals surface area contributed by atoms with Crippen LogP contribution in [0.3, 0.4) is 0 Å². The van der Waals surface area contributed by atoms with Gasteiger partial charge in [-0.1, -0.05) is 34.8 Å². The van der Waals surface area contributed by atoms with E-state index in [9.17, 15) is 8.78 Å². The molecule has 2 rings (SSSR count). The summed E-state index contributed by atoms with van der Waals surface area (Å²) in [5.74, 6) is 0. The number of alkyl halides is 2. The fourth-order valence-electron chi connectivity index (χ4n) is 2.46. The molecule has 21 heavy (non-hydrogen) atoms. The van der Waals surface area contributed by atoms with Crippen molar-refractivity contribution in [2.75, 3.05) is 26.2 Å². The van der Waals surface area contributed by atoms with Crippen molar-refractivity contribution >= 4 is 47.2 Å². The highest BCUT2D eigenvalue weighted by atomic mass is 35.5. The molecule has 1 aliphatic heterocycles. The molecule has 0 aromatic heterocycles. The quantitative estimate of drug-likeness (QED) is 0.764.